The van der Waals surface area contributed by atoms with Crippen molar-refractivity contribution in [3.8, 4) is 5.75 Å². The van der Waals surface area contributed by atoms with Gasteiger partial charge >= 0.3 is 6.18 Å². The first kappa shape index (κ1) is 17.3. The van der Waals surface area contributed by atoms with Crippen molar-refractivity contribution < 1.29 is 26.5 Å². The average Bonchev–Trinajstić information content (AvgIpc) is 2.96. The van der Waals surface area contributed by atoms with Crippen LogP contribution in [0.25, 0.3) is 11.0 Å². The van der Waals surface area contributed by atoms with E-state index in [-0.39, 0.29) is 22.4 Å². The van der Waals surface area contributed by atoms with Crippen molar-refractivity contribution in [2.45, 2.75) is 17.1 Å². The van der Waals surface area contributed by atoms with Crippen molar-refractivity contribution >= 4 is 21.8 Å². The molecule has 1 unspecified atom stereocenters. The molecule has 0 spiro atoms. The molecule has 0 aliphatic heterocycles. The van der Waals surface area contributed by atoms with Gasteiger partial charge in [-0.15, -0.1) is 0 Å². The van der Waals surface area contributed by atoms with Crippen LogP contribution in [0.1, 0.15) is 5.69 Å². The fraction of sp³-hybridized carbons (Fsp3) is 0.200. The fourth-order valence-corrected chi connectivity index (χ4v) is 3.05. The topological polar surface area (TPSA) is 67.9 Å². The van der Waals surface area contributed by atoms with E-state index in [0.717, 1.165) is 0 Å². The van der Waals surface area contributed by atoms with Crippen molar-refractivity contribution in [1.82, 2.24) is 15.0 Å². The number of benzene rings is 1. The number of aromatic amines is 1. The van der Waals surface area contributed by atoms with E-state index in [1.807, 2.05) is 0 Å². The third-order valence-electron chi connectivity index (χ3n) is 3.11. The van der Waals surface area contributed by atoms with Crippen LogP contribution < -0.4 is 4.74 Å². The predicted octanol–water partition coefficient (Wildman–Crippen LogP) is 3.35. The molecule has 0 saturated carbocycles. The number of halogens is 4. The first-order valence-corrected chi connectivity index (χ1v) is 8.30. The number of fused-ring (bicyclic) bond motifs is 1. The van der Waals surface area contributed by atoms with Gasteiger partial charge in [0.15, 0.2) is 11.8 Å². The van der Waals surface area contributed by atoms with Gasteiger partial charge in [0.2, 0.25) is 0 Å². The number of imidazole rings is 1. The molecular formula is C15H11F4N3O2S. The van der Waals surface area contributed by atoms with Crippen molar-refractivity contribution in [1.29, 1.82) is 0 Å². The summed E-state index contributed by atoms with van der Waals surface area (Å²) in [5, 5.41) is 0.129. The molecule has 0 aliphatic carbocycles. The Morgan fingerprint density at radius 3 is 2.76 bits per heavy atom. The van der Waals surface area contributed by atoms with E-state index in [4.69, 9.17) is 0 Å². The van der Waals surface area contributed by atoms with Crippen LogP contribution >= 0.6 is 0 Å². The molecule has 0 aliphatic rings. The molecule has 3 aromatic rings. The molecule has 1 atom stereocenters. The number of nitrogens with zero attached hydrogens (tertiary/aromatic N) is 2. The van der Waals surface area contributed by atoms with Gasteiger partial charge in [-0.2, -0.15) is 13.2 Å². The van der Waals surface area contributed by atoms with E-state index in [9.17, 15) is 21.8 Å². The van der Waals surface area contributed by atoms with Gasteiger partial charge in [-0.05, 0) is 24.3 Å². The van der Waals surface area contributed by atoms with Crippen LogP contribution in [-0.4, -0.2) is 31.9 Å². The van der Waals surface area contributed by atoms with Crippen LogP contribution in [0, 0.1) is 5.82 Å². The van der Waals surface area contributed by atoms with Crippen molar-refractivity contribution in [2.24, 2.45) is 0 Å². The molecule has 0 fully saturated rings. The number of rotatable bonds is 5. The second-order valence-corrected chi connectivity index (χ2v) is 6.45. The van der Waals surface area contributed by atoms with E-state index < -0.39 is 29.4 Å². The predicted molar refractivity (Wildman–Crippen MR) is 82.0 cm³/mol. The third kappa shape index (κ3) is 4.53. The normalized spacial score (nSPS) is 13.1. The zero-order chi connectivity index (χ0) is 18.0. The highest BCUT2D eigenvalue weighted by Crippen LogP contribution is 2.20. The second kappa shape index (κ2) is 6.79. The number of H-pyrrole nitrogens is 1. The quantitative estimate of drug-likeness (QED) is 0.697. The SMILES string of the molecule is O=S(Cc1cc(OCC(F)(F)F)ccn1)c1nc2ccc(F)cc2[nH]1. The Hall–Kier alpha value is -2.49. The van der Waals surface area contributed by atoms with E-state index in [1.54, 1.807) is 0 Å². The standard InChI is InChI=1S/C15H11F4N3O2S/c16-9-1-2-12-13(5-9)22-14(21-12)25(23)7-10-6-11(3-4-20-10)24-8-15(17,18)19/h1-6H,7-8H2,(H,21,22). The lowest BCUT2D eigenvalue weighted by molar-refractivity contribution is -0.153. The third-order valence-corrected chi connectivity index (χ3v) is 4.29. The van der Waals surface area contributed by atoms with Crippen LogP contribution in [-0.2, 0) is 16.6 Å². The van der Waals surface area contributed by atoms with Gasteiger partial charge in [0.25, 0.3) is 0 Å². The Morgan fingerprint density at radius 2 is 2.00 bits per heavy atom. The van der Waals surface area contributed by atoms with Gasteiger partial charge in [-0.1, -0.05) is 0 Å². The summed E-state index contributed by atoms with van der Waals surface area (Å²) >= 11 is 0. The first-order chi connectivity index (χ1) is 11.8. The largest absolute Gasteiger partial charge is 0.484 e. The molecule has 0 bridgehead atoms. The minimum absolute atomic E-state index is 0.0222. The summed E-state index contributed by atoms with van der Waals surface area (Å²) in [4.78, 5) is 10.8. The molecule has 0 amide bonds. The number of nitrogens with one attached hydrogen (secondary N) is 1. The van der Waals surface area contributed by atoms with Crippen LogP contribution in [0.3, 0.4) is 0 Å². The van der Waals surface area contributed by atoms with E-state index >= 15 is 0 Å². The molecule has 25 heavy (non-hydrogen) atoms. The Bertz CT molecular complexity index is 927. The van der Waals surface area contributed by atoms with Crippen molar-refractivity contribution in [3.05, 3.63) is 48.0 Å². The molecule has 0 saturated heterocycles. The molecule has 3 rings (SSSR count). The molecule has 1 aromatic carbocycles. The summed E-state index contributed by atoms with van der Waals surface area (Å²) in [5.74, 6) is -0.554. The zero-order valence-electron chi connectivity index (χ0n) is 12.5. The van der Waals surface area contributed by atoms with Crippen LogP contribution in [0.5, 0.6) is 5.75 Å². The molecule has 1 N–H and O–H groups in total. The maximum atomic E-state index is 13.2. The summed E-state index contributed by atoms with van der Waals surface area (Å²) in [6, 6.07) is 6.48. The van der Waals surface area contributed by atoms with Crippen molar-refractivity contribution in [2.75, 3.05) is 6.61 Å². The zero-order valence-corrected chi connectivity index (χ0v) is 13.3. The van der Waals surface area contributed by atoms with Gasteiger partial charge in [-0.25, -0.2) is 9.37 Å². The monoisotopic (exact) mass is 373 g/mol. The molecule has 10 heteroatoms. The maximum absolute atomic E-state index is 13.2. The van der Waals surface area contributed by atoms with E-state index in [2.05, 4.69) is 19.7 Å². The number of hydrogen-bond acceptors (Lipinski definition) is 4. The summed E-state index contributed by atoms with van der Waals surface area (Å²) in [5.41, 5.74) is 1.14. The molecule has 2 aromatic heterocycles. The lowest BCUT2D eigenvalue weighted by Crippen LogP contribution is -2.19. The fourth-order valence-electron chi connectivity index (χ4n) is 2.06. The van der Waals surface area contributed by atoms with Gasteiger partial charge in [-0.3, -0.25) is 9.19 Å². The lowest BCUT2D eigenvalue weighted by Gasteiger charge is -2.09. The smallest absolute Gasteiger partial charge is 0.422 e. The Morgan fingerprint density at radius 1 is 1.20 bits per heavy atom. The Labute approximate surface area is 141 Å². The number of ether oxygens (including phenoxy) is 1. The maximum Gasteiger partial charge on any atom is 0.422 e. The van der Waals surface area contributed by atoms with E-state index in [0.29, 0.717) is 11.0 Å². The number of alkyl halides is 3. The van der Waals surface area contributed by atoms with Gasteiger partial charge in [0.1, 0.15) is 11.6 Å². The molecule has 2 heterocycles. The molecule has 132 valence electrons. The number of pyridine rings is 1. The molecule has 0 radical (unpaired) electrons. The average molecular weight is 373 g/mol. The van der Waals surface area contributed by atoms with Crippen LogP contribution in [0.15, 0.2) is 41.7 Å². The van der Waals surface area contributed by atoms with Gasteiger partial charge < -0.3 is 9.72 Å². The summed E-state index contributed by atoms with van der Waals surface area (Å²) in [6.07, 6.45) is -3.18. The van der Waals surface area contributed by atoms with Crippen LogP contribution in [0.4, 0.5) is 17.6 Å². The minimum atomic E-state index is -4.45. The summed E-state index contributed by atoms with van der Waals surface area (Å²) in [6.45, 7) is -1.42. The van der Waals surface area contributed by atoms with Crippen molar-refractivity contribution in [3.63, 3.8) is 0 Å². The Kier molecular flexibility index (Phi) is 4.71. The highest BCUT2D eigenvalue weighted by molar-refractivity contribution is 7.84. The van der Waals surface area contributed by atoms with E-state index in [1.165, 1.54) is 36.5 Å². The number of hydrogen-bond donors (Lipinski definition) is 1. The van der Waals surface area contributed by atoms with Gasteiger partial charge in [0.05, 0.1) is 33.3 Å². The number of aromatic nitrogens is 3. The lowest BCUT2D eigenvalue weighted by atomic mass is 10.3. The highest BCUT2D eigenvalue weighted by atomic mass is 32.2. The molecular weight excluding hydrogens is 362 g/mol. The second-order valence-electron chi connectivity index (χ2n) is 5.08. The molecule has 5 nitrogen and oxygen atoms in total. The van der Waals surface area contributed by atoms with Gasteiger partial charge in [0, 0.05) is 12.3 Å². The van der Waals surface area contributed by atoms with Crippen LogP contribution in [0.2, 0.25) is 0 Å². The summed E-state index contributed by atoms with van der Waals surface area (Å²) in [7, 11) is -1.63. The summed E-state index contributed by atoms with van der Waals surface area (Å²) < 4.78 is 66.7. The first-order valence-electron chi connectivity index (χ1n) is 6.98. The highest BCUT2D eigenvalue weighted by Gasteiger charge is 2.28. The Balaban J connectivity index is 1.73. The minimum Gasteiger partial charge on any atom is -0.484 e.